The number of sulfonamides is 1. The van der Waals surface area contributed by atoms with Crippen molar-refractivity contribution in [2.75, 3.05) is 38.0 Å². The Balaban J connectivity index is 1.39. The van der Waals surface area contributed by atoms with Crippen molar-refractivity contribution in [3.8, 4) is 11.5 Å². The second-order valence-corrected chi connectivity index (χ2v) is 9.61. The molecule has 4 rings (SSSR count). The van der Waals surface area contributed by atoms with Crippen molar-refractivity contribution in [1.82, 2.24) is 9.80 Å². The number of rotatable bonds is 6. The lowest BCUT2D eigenvalue weighted by molar-refractivity contribution is 0.0533. The molecule has 0 saturated carbocycles. The number of nitrogens with one attached hydrogen (secondary N) is 1. The number of methoxy groups -OCH3 is 1. The third kappa shape index (κ3) is 5.22. The van der Waals surface area contributed by atoms with Gasteiger partial charge in [0.25, 0.3) is 21.8 Å². The standard InChI is InChI=1S/C25H25N3O6S/c1-34-23-9-5-3-7-21(23)26-35(32,33)19-12-10-18(11-13-19)24(30)27-14-16-28(17-15-27)25(31)20-6-2-4-8-22(20)29/h2-13,26,29H,14-17H2,1H3. The molecule has 0 unspecified atom stereocenters. The quantitative estimate of drug-likeness (QED) is 0.543. The third-order valence-electron chi connectivity index (χ3n) is 5.75. The van der Waals surface area contributed by atoms with E-state index in [0.29, 0.717) is 43.2 Å². The summed E-state index contributed by atoms with van der Waals surface area (Å²) in [6.45, 7) is 1.31. The number of phenols is 1. The van der Waals surface area contributed by atoms with Crippen LogP contribution in [0, 0.1) is 0 Å². The van der Waals surface area contributed by atoms with Gasteiger partial charge < -0.3 is 19.6 Å². The van der Waals surface area contributed by atoms with Crippen molar-refractivity contribution in [3.63, 3.8) is 0 Å². The van der Waals surface area contributed by atoms with Crippen molar-refractivity contribution >= 4 is 27.5 Å². The maximum absolute atomic E-state index is 12.9. The summed E-state index contributed by atoms with van der Waals surface area (Å²) in [5.41, 5.74) is 0.888. The first-order chi connectivity index (χ1) is 16.8. The van der Waals surface area contributed by atoms with E-state index in [-0.39, 0.29) is 28.0 Å². The summed E-state index contributed by atoms with van der Waals surface area (Å²) in [5.74, 6) is -0.220. The summed E-state index contributed by atoms with van der Waals surface area (Å²) in [5, 5.41) is 9.92. The molecule has 0 aliphatic carbocycles. The van der Waals surface area contributed by atoms with E-state index in [2.05, 4.69) is 4.72 Å². The van der Waals surface area contributed by atoms with Crippen LogP contribution >= 0.6 is 0 Å². The van der Waals surface area contributed by atoms with Gasteiger partial charge in [-0.15, -0.1) is 0 Å². The largest absolute Gasteiger partial charge is 0.507 e. The minimum atomic E-state index is -3.88. The Labute approximate surface area is 203 Å². The van der Waals surface area contributed by atoms with Crippen LogP contribution in [0.4, 0.5) is 5.69 Å². The van der Waals surface area contributed by atoms with Crippen LogP contribution in [0.15, 0.2) is 77.7 Å². The zero-order chi connectivity index (χ0) is 25.0. The summed E-state index contributed by atoms with van der Waals surface area (Å²) in [7, 11) is -2.43. The summed E-state index contributed by atoms with van der Waals surface area (Å²) in [6.07, 6.45) is 0. The Hall–Kier alpha value is -4.05. The van der Waals surface area contributed by atoms with Crippen LogP contribution in [0.1, 0.15) is 20.7 Å². The van der Waals surface area contributed by atoms with E-state index in [1.54, 1.807) is 52.3 Å². The Kier molecular flexibility index (Phi) is 6.92. The molecule has 1 saturated heterocycles. The van der Waals surface area contributed by atoms with Crippen molar-refractivity contribution in [2.24, 2.45) is 0 Å². The number of benzene rings is 3. The number of ether oxygens (including phenoxy) is 1. The van der Waals surface area contributed by atoms with Crippen LogP contribution < -0.4 is 9.46 Å². The third-order valence-corrected chi connectivity index (χ3v) is 7.13. The first-order valence-corrected chi connectivity index (χ1v) is 12.4. The van der Waals surface area contributed by atoms with Crippen LogP contribution in [0.25, 0.3) is 0 Å². The molecule has 10 heteroatoms. The summed E-state index contributed by atoms with van der Waals surface area (Å²) < 4.78 is 33.2. The number of piperazine rings is 1. The number of anilines is 1. The maximum Gasteiger partial charge on any atom is 0.262 e. The van der Waals surface area contributed by atoms with Gasteiger partial charge in [-0.2, -0.15) is 0 Å². The van der Waals surface area contributed by atoms with E-state index in [1.165, 1.54) is 37.4 Å². The highest BCUT2D eigenvalue weighted by molar-refractivity contribution is 7.92. The zero-order valence-corrected chi connectivity index (χ0v) is 19.9. The van der Waals surface area contributed by atoms with Gasteiger partial charge in [-0.1, -0.05) is 24.3 Å². The zero-order valence-electron chi connectivity index (χ0n) is 19.0. The maximum atomic E-state index is 12.9. The predicted octanol–water partition coefficient (Wildman–Crippen LogP) is 2.80. The molecule has 0 radical (unpaired) electrons. The lowest BCUT2D eigenvalue weighted by atomic mass is 10.1. The molecule has 0 spiro atoms. The van der Waals surface area contributed by atoms with Gasteiger partial charge in [-0.3, -0.25) is 14.3 Å². The average Bonchev–Trinajstić information content (AvgIpc) is 2.88. The number of phenolic OH excluding ortho intramolecular Hbond substituents is 1. The smallest absolute Gasteiger partial charge is 0.262 e. The second kappa shape index (κ2) is 10.1. The summed E-state index contributed by atoms with van der Waals surface area (Å²) >= 11 is 0. The molecular weight excluding hydrogens is 470 g/mol. The van der Waals surface area contributed by atoms with Crippen LogP contribution in [-0.2, 0) is 10.0 Å². The van der Waals surface area contributed by atoms with Gasteiger partial charge in [-0.05, 0) is 48.5 Å². The molecule has 2 N–H and O–H groups in total. The number of nitrogens with zero attached hydrogens (tertiary/aromatic N) is 2. The molecule has 3 aromatic rings. The van der Waals surface area contributed by atoms with Gasteiger partial charge in [0.05, 0.1) is 23.3 Å². The number of aromatic hydroxyl groups is 1. The minimum Gasteiger partial charge on any atom is -0.507 e. The summed E-state index contributed by atoms with van der Waals surface area (Å²) in [4.78, 5) is 28.8. The normalized spacial score (nSPS) is 13.9. The number of hydrogen-bond donors (Lipinski definition) is 2. The fourth-order valence-electron chi connectivity index (χ4n) is 3.83. The van der Waals surface area contributed by atoms with Crippen molar-refractivity contribution in [2.45, 2.75) is 4.90 Å². The molecule has 0 atom stereocenters. The first kappa shape index (κ1) is 24.1. The fraction of sp³-hybridized carbons (Fsp3) is 0.200. The van der Waals surface area contributed by atoms with Gasteiger partial charge in [0.2, 0.25) is 0 Å². The van der Waals surface area contributed by atoms with Gasteiger partial charge in [0, 0.05) is 31.7 Å². The molecule has 2 amide bonds. The molecule has 1 aliphatic heterocycles. The molecule has 35 heavy (non-hydrogen) atoms. The lowest BCUT2D eigenvalue weighted by Gasteiger charge is -2.35. The second-order valence-electron chi connectivity index (χ2n) is 7.93. The molecule has 182 valence electrons. The molecule has 1 aliphatic rings. The highest BCUT2D eigenvalue weighted by Gasteiger charge is 2.27. The van der Waals surface area contributed by atoms with Crippen molar-refractivity contribution in [3.05, 3.63) is 83.9 Å². The van der Waals surface area contributed by atoms with E-state index in [1.807, 2.05) is 0 Å². The van der Waals surface area contributed by atoms with Gasteiger partial charge >= 0.3 is 0 Å². The highest BCUT2D eigenvalue weighted by Crippen LogP contribution is 2.26. The van der Waals surface area contributed by atoms with E-state index in [4.69, 9.17) is 4.74 Å². The van der Waals surface area contributed by atoms with E-state index in [0.717, 1.165) is 0 Å². The number of hydrogen-bond acceptors (Lipinski definition) is 6. The Morgan fingerprint density at radius 1 is 0.829 bits per heavy atom. The lowest BCUT2D eigenvalue weighted by Crippen LogP contribution is -2.50. The van der Waals surface area contributed by atoms with Crippen molar-refractivity contribution in [1.29, 1.82) is 0 Å². The van der Waals surface area contributed by atoms with Crippen molar-refractivity contribution < 1.29 is 27.9 Å². The van der Waals surface area contributed by atoms with Crippen LogP contribution in [-0.4, -0.2) is 68.4 Å². The van der Waals surface area contributed by atoms with E-state index < -0.39 is 10.0 Å². The van der Waals surface area contributed by atoms with Crippen LogP contribution in [0.2, 0.25) is 0 Å². The minimum absolute atomic E-state index is 0.0121. The molecule has 0 bridgehead atoms. The van der Waals surface area contributed by atoms with Gasteiger partial charge in [0.1, 0.15) is 11.5 Å². The fourth-order valence-corrected chi connectivity index (χ4v) is 4.90. The Morgan fingerprint density at radius 2 is 1.40 bits per heavy atom. The number of carbonyl (C=O) groups excluding carboxylic acids is 2. The number of carbonyl (C=O) groups is 2. The predicted molar refractivity (Wildman–Crippen MR) is 130 cm³/mol. The van der Waals surface area contributed by atoms with Gasteiger partial charge in [-0.25, -0.2) is 8.42 Å². The Bertz CT molecular complexity index is 1330. The molecule has 1 fully saturated rings. The molecule has 1 heterocycles. The SMILES string of the molecule is COc1ccccc1NS(=O)(=O)c1ccc(C(=O)N2CCN(C(=O)c3ccccc3O)CC2)cc1. The van der Waals surface area contributed by atoms with E-state index in [9.17, 15) is 23.1 Å². The Morgan fingerprint density at radius 3 is 2.03 bits per heavy atom. The molecule has 3 aromatic carbocycles. The molecular formula is C25H25N3O6S. The highest BCUT2D eigenvalue weighted by atomic mass is 32.2. The molecule has 9 nitrogen and oxygen atoms in total. The summed E-state index contributed by atoms with van der Waals surface area (Å²) in [6, 6.07) is 18.7. The first-order valence-electron chi connectivity index (χ1n) is 10.9. The number of amides is 2. The topological polar surface area (TPSA) is 116 Å². The van der Waals surface area contributed by atoms with Crippen LogP contribution in [0.5, 0.6) is 11.5 Å². The van der Waals surface area contributed by atoms with Gasteiger partial charge in [0.15, 0.2) is 0 Å². The monoisotopic (exact) mass is 495 g/mol. The average molecular weight is 496 g/mol. The molecule has 0 aromatic heterocycles. The van der Waals surface area contributed by atoms with Crippen LogP contribution in [0.3, 0.4) is 0 Å². The van der Waals surface area contributed by atoms with E-state index >= 15 is 0 Å². The number of para-hydroxylation sites is 3.